The number of methoxy groups -OCH3 is 1. The summed E-state index contributed by atoms with van der Waals surface area (Å²) in [6.07, 6.45) is 0.824. The average molecular weight is 250 g/mol. The molecule has 18 heavy (non-hydrogen) atoms. The molecule has 2 rings (SSSR count). The van der Waals surface area contributed by atoms with E-state index in [1.807, 2.05) is 6.92 Å². The summed E-state index contributed by atoms with van der Waals surface area (Å²) in [7, 11) is 1.54. The van der Waals surface area contributed by atoms with Crippen LogP contribution >= 0.6 is 0 Å². The van der Waals surface area contributed by atoms with Gasteiger partial charge in [-0.3, -0.25) is 4.79 Å². The molecule has 0 aromatic heterocycles. The summed E-state index contributed by atoms with van der Waals surface area (Å²) in [6.45, 7) is 3.21. The fraction of sp³-hybridized carbons (Fsp3) is 0.462. The van der Waals surface area contributed by atoms with Crippen LogP contribution in [0.1, 0.15) is 23.7 Å². The van der Waals surface area contributed by atoms with Gasteiger partial charge in [-0.25, -0.2) is 0 Å². The van der Waals surface area contributed by atoms with Gasteiger partial charge in [-0.2, -0.15) is 0 Å². The third kappa shape index (κ3) is 2.56. The van der Waals surface area contributed by atoms with Crippen molar-refractivity contribution in [3.05, 3.63) is 23.8 Å². The van der Waals surface area contributed by atoms with Crippen molar-refractivity contribution < 1.29 is 14.3 Å². The van der Waals surface area contributed by atoms with Crippen molar-refractivity contribution in [2.45, 2.75) is 18.9 Å². The van der Waals surface area contributed by atoms with Gasteiger partial charge in [0, 0.05) is 12.2 Å². The Morgan fingerprint density at radius 1 is 1.56 bits per heavy atom. The Morgan fingerprint density at radius 3 is 2.89 bits per heavy atom. The molecule has 0 spiro atoms. The van der Waals surface area contributed by atoms with E-state index in [1.165, 1.54) is 0 Å². The summed E-state index contributed by atoms with van der Waals surface area (Å²) in [4.78, 5) is 12.1. The van der Waals surface area contributed by atoms with E-state index in [1.54, 1.807) is 25.3 Å². The Morgan fingerprint density at radius 2 is 2.33 bits per heavy atom. The first-order valence-corrected chi connectivity index (χ1v) is 5.88. The molecule has 1 aromatic rings. The van der Waals surface area contributed by atoms with Gasteiger partial charge in [-0.15, -0.1) is 0 Å². The molecule has 1 unspecified atom stereocenters. The molecule has 1 aliphatic rings. The smallest absolute Gasteiger partial charge is 0.251 e. The summed E-state index contributed by atoms with van der Waals surface area (Å²) < 4.78 is 10.4. The molecule has 1 saturated heterocycles. The molecule has 1 heterocycles. The second-order valence-corrected chi connectivity index (χ2v) is 4.77. The number of nitrogens with one attached hydrogen (secondary N) is 1. The van der Waals surface area contributed by atoms with Crippen LogP contribution in [0.25, 0.3) is 0 Å². The van der Waals surface area contributed by atoms with Crippen molar-refractivity contribution in [1.29, 1.82) is 0 Å². The molecule has 1 fully saturated rings. The molecule has 1 aromatic carbocycles. The highest BCUT2D eigenvalue weighted by molar-refractivity contribution is 5.96. The van der Waals surface area contributed by atoms with Crippen LogP contribution in [0.15, 0.2) is 18.2 Å². The molecule has 98 valence electrons. The van der Waals surface area contributed by atoms with Gasteiger partial charge < -0.3 is 20.5 Å². The average Bonchev–Trinajstić information content (AvgIpc) is 2.75. The summed E-state index contributed by atoms with van der Waals surface area (Å²) in [5.74, 6) is 0.430. The van der Waals surface area contributed by atoms with Crippen molar-refractivity contribution in [1.82, 2.24) is 5.32 Å². The zero-order valence-corrected chi connectivity index (χ0v) is 10.7. The molecule has 3 N–H and O–H groups in total. The molecule has 0 aliphatic carbocycles. The Kier molecular flexibility index (Phi) is 3.43. The number of carbonyl (C=O) groups excluding carboxylic acids is 1. The number of rotatable bonds is 3. The van der Waals surface area contributed by atoms with Crippen molar-refractivity contribution >= 4 is 11.6 Å². The number of amides is 1. The van der Waals surface area contributed by atoms with Gasteiger partial charge in [-0.1, -0.05) is 0 Å². The maximum atomic E-state index is 12.1. The van der Waals surface area contributed by atoms with Gasteiger partial charge in [0.25, 0.3) is 5.91 Å². The number of hydrogen-bond donors (Lipinski definition) is 2. The van der Waals surface area contributed by atoms with E-state index in [0.29, 0.717) is 30.2 Å². The third-order valence-corrected chi connectivity index (χ3v) is 3.13. The monoisotopic (exact) mass is 250 g/mol. The van der Waals surface area contributed by atoms with Crippen molar-refractivity contribution in [3.8, 4) is 5.75 Å². The Balaban J connectivity index is 2.11. The minimum absolute atomic E-state index is 0.141. The van der Waals surface area contributed by atoms with Crippen LogP contribution in [0.5, 0.6) is 5.75 Å². The fourth-order valence-electron chi connectivity index (χ4n) is 1.99. The lowest BCUT2D eigenvalue weighted by molar-refractivity contribution is 0.0890. The van der Waals surface area contributed by atoms with Crippen LogP contribution in [0.4, 0.5) is 5.69 Å². The van der Waals surface area contributed by atoms with Crippen LogP contribution in [0, 0.1) is 0 Å². The lowest BCUT2D eigenvalue weighted by Crippen LogP contribution is -2.46. The highest BCUT2D eigenvalue weighted by Gasteiger charge is 2.31. The molecule has 5 heteroatoms. The first-order valence-electron chi connectivity index (χ1n) is 5.88. The SMILES string of the molecule is COc1ccc(C(=O)NC2(C)CCOC2)cc1N. The molecular formula is C13H18N2O3. The number of hydrogen-bond acceptors (Lipinski definition) is 4. The lowest BCUT2D eigenvalue weighted by Gasteiger charge is -2.23. The zero-order valence-electron chi connectivity index (χ0n) is 10.7. The van der Waals surface area contributed by atoms with Gasteiger partial charge in [0.1, 0.15) is 5.75 Å². The van der Waals surface area contributed by atoms with Crippen molar-refractivity contribution in [2.24, 2.45) is 0 Å². The lowest BCUT2D eigenvalue weighted by atomic mass is 10.0. The Hall–Kier alpha value is -1.75. The Bertz CT molecular complexity index is 454. The second kappa shape index (κ2) is 4.86. The molecule has 1 aliphatic heterocycles. The van der Waals surface area contributed by atoms with Crippen LogP contribution in [-0.2, 0) is 4.74 Å². The van der Waals surface area contributed by atoms with E-state index in [4.69, 9.17) is 15.2 Å². The first-order chi connectivity index (χ1) is 8.54. The minimum atomic E-state index is -0.286. The van der Waals surface area contributed by atoms with Crippen LogP contribution in [0.3, 0.4) is 0 Å². The number of nitrogens with two attached hydrogens (primary N) is 1. The predicted molar refractivity (Wildman–Crippen MR) is 68.7 cm³/mol. The van der Waals surface area contributed by atoms with Crippen LogP contribution < -0.4 is 15.8 Å². The summed E-state index contributed by atoms with van der Waals surface area (Å²) in [6, 6.07) is 5.01. The standard InChI is InChI=1S/C13H18N2O3/c1-13(5-6-18-8-13)15-12(16)9-3-4-11(17-2)10(14)7-9/h3-4,7H,5-6,8,14H2,1-2H3,(H,15,16). The van der Waals surface area contributed by atoms with E-state index < -0.39 is 0 Å². The first kappa shape index (κ1) is 12.7. The second-order valence-electron chi connectivity index (χ2n) is 4.77. The van der Waals surface area contributed by atoms with Gasteiger partial charge in [0.15, 0.2) is 0 Å². The number of benzene rings is 1. The van der Waals surface area contributed by atoms with E-state index >= 15 is 0 Å². The number of carbonyl (C=O) groups is 1. The topological polar surface area (TPSA) is 73.6 Å². The van der Waals surface area contributed by atoms with Crippen LogP contribution in [-0.4, -0.2) is 31.8 Å². The molecule has 0 bridgehead atoms. The van der Waals surface area contributed by atoms with Gasteiger partial charge in [0.2, 0.25) is 0 Å². The third-order valence-electron chi connectivity index (χ3n) is 3.13. The largest absolute Gasteiger partial charge is 0.495 e. The Labute approximate surface area is 106 Å². The zero-order chi connectivity index (χ0) is 13.2. The number of anilines is 1. The van der Waals surface area contributed by atoms with E-state index in [2.05, 4.69) is 5.32 Å². The van der Waals surface area contributed by atoms with E-state index in [9.17, 15) is 4.79 Å². The highest BCUT2D eigenvalue weighted by Crippen LogP contribution is 2.23. The predicted octanol–water partition coefficient (Wildman–Crippen LogP) is 1.19. The fourth-order valence-corrected chi connectivity index (χ4v) is 1.99. The van der Waals surface area contributed by atoms with Crippen molar-refractivity contribution in [2.75, 3.05) is 26.1 Å². The molecule has 1 amide bonds. The molecule has 0 radical (unpaired) electrons. The summed E-state index contributed by atoms with van der Waals surface area (Å²) in [5.41, 5.74) is 6.48. The van der Waals surface area contributed by atoms with E-state index in [0.717, 1.165) is 6.42 Å². The molecular weight excluding hydrogens is 232 g/mol. The summed E-state index contributed by atoms with van der Waals surface area (Å²) >= 11 is 0. The maximum absolute atomic E-state index is 12.1. The quantitative estimate of drug-likeness (QED) is 0.790. The highest BCUT2D eigenvalue weighted by atomic mass is 16.5. The van der Waals surface area contributed by atoms with Gasteiger partial charge in [0.05, 0.1) is 24.9 Å². The minimum Gasteiger partial charge on any atom is -0.495 e. The molecule has 1 atom stereocenters. The number of nitrogen functional groups attached to an aromatic ring is 1. The molecule has 5 nitrogen and oxygen atoms in total. The van der Waals surface area contributed by atoms with Crippen molar-refractivity contribution in [3.63, 3.8) is 0 Å². The van der Waals surface area contributed by atoms with E-state index in [-0.39, 0.29) is 11.4 Å². The molecule has 0 saturated carbocycles. The summed E-state index contributed by atoms with van der Waals surface area (Å²) in [5, 5.41) is 2.98. The van der Waals surface area contributed by atoms with Gasteiger partial charge in [-0.05, 0) is 31.5 Å². The van der Waals surface area contributed by atoms with Gasteiger partial charge >= 0.3 is 0 Å². The number of ether oxygens (including phenoxy) is 2. The maximum Gasteiger partial charge on any atom is 0.251 e. The van der Waals surface area contributed by atoms with Crippen LogP contribution in [0.2, 0.25) is 0 Å². The normalized spacial score (nSPS) is 22.8.